The Labute approximate surface area is 142 Å². The lowest BCUT2D eigenvalue weighted by molar-refractivity contribution is -0.136. The van der Waals surface area contributed by atoms with Crippen LogP contribution in [0, 0.1) is 17.8 Å². The highest BCUT2D eigenvalue weighted by Crippen LogP contribution is 2.23. The number of carbonyl (C=O) groups excluding carboxylic acids is 2. The van der Waals surface area contributed by atoms with Crippen molar-refractivity contribution in [2.75, 3.05) is 27.7 Å². The summed E-state index contributed by atoms with van der Waals surface area (Å²) in [6.45, 7) is 14.7. The van der Waals surface area contributed by atoms with Gasteiger partial charge in [-0.1, -0.05) is 41.2 Å². The van der Waals surface area contributed by atoms with Gasteiger partial charge < -0.3 is 15.1 Å². The molecule has 0 aromatic heterocycles. The van der Waals surface area contributed by atoms with Crippen LogP contribution in [-0.4, -0.2) is 55.3 Å². The van der Waals surface area contributed by atoms with Gasteiger partial charge in [0.1, 0.15) is 0 Å². The van der Waals surface area contributed by atoms with E-state index in [4.69, 9.17) is 0 Å². The summed E-state index contributed by atoms with van der Waals surface area (Å²) in [7, 11) is 5.29. The number of carbonyl (C=O) groups is 2. The van der Waals surface area contributed by atoms with Gasteiger partial charge in [0.05, 0.1) is 12.6 Å². The minimum Gasteiger partial charge on any atom is -0.367 e. The first-order valence-electron chi connectivity index (χ1n) is 8.40. The van der Waals surface area contributed by atoms with E-state index in [1.165, 1.54) is 0 Å². The summed E-state index contributed by atoms with van der Waals surface area (Å²) < 4.78 is 0. The van der Waals surface area contributed by atoms with E-state index in [0.717, 1.165) is 12.1 Å². The molecule has 0 bridgehead atoms. The Morgan fingerprint density at radius 1 is 1.09 bits per heavy atom. The monoisotopic (exact) mass is 325 g/mol. The smallest absolute Gasteiger partial charge is 0.239 e. The van der Waals surface area contributed by atoms with Crippen molar-refractivity contribution in [3.63, 3.8) is 0 Å². The average Bonchev–Trinajstić information content (AvgIpc) is 2.44. The normalized spacial score (nSPS) is 13.7. The van der Waals surface area contributed by atoms with Gasteiger partial charge in [-0.2, -0.15) is 0 Å². The molecule has 0 spiro atoms. The first-order valence-corrected chi connectivity index (χ1v) is 8.40. The van der Waals surface area contributed by atoms with E-state index < -0.39 is 0 Å². The molecule has 1 N–H and O–H groups in total. The fourth-order valence-corrected chi connectivity index (χ4v) is 2.97. The number of rotatable bonds is 9. The second-order valence-corrected chi connectivity index (χ2v) is 7.19. The molecule has 0 rings (SSSR count). The Kier molecular flexibility index (Phi) is 8.95. The molecule has 0 fully saturated rings. The predicted octanol–water partition coefficient (Wildman–Crippen LogP) is 2.34. The molecule has 2 unspecified atom stereocenters. The van der Waals surface area contributed by atoms with Crippen LogP contribution >= 0.6 is 0 Å². The number of nitrogens with one attached hydrogen (secondary N) is 1. The van der Waals surface area contributed by atoms with Gasteiger partial charge in [-0.25, -0.2) is 0 Å². The number of likely N-dealkylation sites (N-methyl/N-ethyl adjacent to an activating group) is 3. The zero-order valence-electron chi connectivity index (χ0n) is 16.1. The quantitative estimate of drug-likeness (QED) is 0.708. The van der Waals surface area contributed by atoms with Crippen molar-refractivity contribution in [3.05, 3.63) is 12.3 Å². The van der Waals surface area contributed by atoms with Crippen LogP contribution in [0.4, 0.5) is 0 Å². The van der Waals surface area contributed by atoms with E-state index in [0.29, 0.717) is 5.92 Å². The molecule has 0 radical (unpaired) electrons. The Balaban J connectivity index is 5.12. The van der Waals surface area contributed by atoms with Crippen LogP contribution in [0.5, 0.6) is 0 Å². The fraction of sp³-hybridized carbons (Fsp3) is 0.778. The van der Waals surface area contributed by atoms with Crippen LogP contribution in [0.3, 0.4) is 0 Å². The first kappa shape index (κ1) is 21.5. The molecular weight excluding hydrogens is 290 g/mol. The largest absolute Gasteiger partial charge is 0.367 e. The summed E-state index contributed by atoms with van der Waals surface area (Å²) in [6.07, 6.45) is 0.870. The Morgan fingerprint density at radius 2 is 1.61 bits per heavy atom. The second kappa shape index (κ2) is 9.58. The van der Waals surface area contributed by atoms with E-state index in [1.807, 2.05) is 25.9 Å². The molecule has 2 atom stereocenters. The molecule has 0 saturated heterocycles. The topological polar surface area (TPSA) is 52.7 Å². The highest BCUT2D eigenvalue weighted by atomic mass is 16.2. The van der Waals surface area contributed by atoms with E-state index in [9.17, 15) is 9.59 Å². The lowest BCUT2D eigenvalue weighted by Crippen LogP contribution is -2.48. The van der Waals surface area contributed by atoms with E-state index in [1.54, 1.807) is 11.9 Å². The fourth-order valence-electron chi connectivity index (χ4n) is 2.97. The van der Waals surface area contributed by atoms with Gasteiger partial charge in [-0.15, -0.1) is 0 Å². The predicted molar refractivity (Wildman–Crippen MR) is 95.9 cm³/mol. The van der Waals surface area contributed by atoms with Crippen LogP contribution < -0.4 is 5.32 Å². The van der Waals surface area contributed by atoms with Crippen LogP contribution in [-0.2, 0) is 9.59 Å². The third kappa shape index (κ3) is 6.63. The molecule has 0 aliphatic rings. The molecule has 0 heterocycles. The van der Waals surface area contributed by atoms with Crippen LogP contribution in [0.1, 0.15) is 41.0 Å². The molecule has 0 aliphatic heterocycles. The zero-order chi connectivity index (χ0) is 18.3. The Bertz CT molecular complexity index is 418. The molecule has 5 nitrogen and oxygen atoms in total. The highest BCUT2D eigenvalue weighted by Gasteiger charge is 2.30. The lowest BCUT2D eigenvalue weighted by atomic mass is 9.94. The molecule has 134 valence electrons. The van der Waals surface area contributed by atoms with E-state index in [-0.39, 0.29) is 36.2 Å². The Hall–Kier alpha value is -1.52. The minimum absolute atomic E-state index is 0.0155. The Morgan fingerprint density at radius 3 is 2.00 bits per heavy atom. The molecule has 0 saturated carbocycles. The third-order valence-electron chi connectivity index (χ3n) is 4.13. The maximum Gasteiger partial charge on any atom is 0.239 e. The first-order chi connectivity index (χ1) is 10.5. The molecule has 0 aromatic rings. The summed E-state index contributed by atoms with van der Waals surface area (Å²) >= 11 is 0. The average molecular weight is 325 g/mol. The lowest BCUT2D eigenvalue weighted by Gasteiger charge is -2.38. The SMILES string of the molecule is C=C(C(C(C)C)N(C)C(=O)C(C)CC(C)C)N(C)CC(=O)NC. The minimum atomic E-state index is -0.119. The summed E-state index contributed by atoms with van der Waals surface area (Å²) in [4.78, 5) is 27.9. The second-order valence-electron chi connectivity index (χ2n) is 7.19. The van der Waals surface area contributed by atoms with Gasteiger partial charge in [-0.3, -0.25) is 9.59 Å². The zero-order valence-corrected chi connectivity index (χ0v) is 16.1. The molecule has 2 amide bonds. The van der Waals surface area contributed by atoms with Gasteiger partial charge in [0.2, 0.25) is 11.8 Å². The van der Waals surface area contributed by atoms with Crippen molar-refractivity contribution in [2.24, 2.45) is 17.8 Å². The van der Waals surface area contributed by atoms with Crippen molar-refractivity contribution in [1.82, 2.24) is 15.1 Å². The summed E-state index contributed by atoms with van der Waals surface area (Å²) in [5, 5.41) is 2.61. The van der Waals surface area contributed by atoms with Crippen molar-refractivity contribution >= 4 is 11.8 Å². The van der Waals surface area contributed by atoms with Crippen LogP contribution in [0.2, 0.25) is 0 Å². The molecule has 5 heteroatoms. The molecule has 0 aromatic carbocycles. The van der Waals surface area contributed by atoms with E-state index >= 15 is 0 Å². The summed E-state index contributed by atoms with van der Waals surface area (Å²) in [6, 6.07) is -0.119. The molecule has 0 aliphatic carbocycles. The highest BCUT2D eigenvalue weighted by molar-refractivity contribution is 5.79. The summed E-state index contributed by atoms with van der Waals surface area (Å²) in [5.41, 5.74) is 0.788. The van der Waals surface area contributed by atoms with Crippen molar-refractivity contribution in [2.45, 2.75) is 47.1 Å². The molecular formula is C18H35N3O2. The molecule has 23 heavy (non-hydrogen) atoms. The van der Waals surface area contributed by atoms with Gasteiger partial charge in [0, 0.05) is 32.8 Å². The summed E-state index contributed by atoms with van der Waals surface area (Å²) in [5.74, 6) is 0.748. The van der Waals surface area contributed by atoms with Gasteiger partial charge in [0.15, 0.2) is 0 Å². The van der Waals surface area contributed by atoms with Crippen LogP contribution in [0.25, 0.3) is 0 Å². The van der Waals surface area contributed by atoms with Gasteiger partial charge in [-0.05, 0) is 18.3 Å². The van der Waals surface area contributed by atoms with Crippen molar-refractivity contribution < 1.29 is 9.59 Å². The maximum absolute atomic E-state index is 12.7. The van der Waals surface area contributed by atoms with Crippen LogP contribution in [0.15, 0.2) is 12.3 Å². The van der Waals surface area contributed by atoms with Gasteiger partial charge >= 0.3 is 0 Å². The standard InChI is InChI=1S/C18H35N3O2/c1-12(2)10-14(5)18(23)21(9)17(13(3)4)15(6)20(8)11-16(22)19-7/h12-14,17H,6,10-11H2,1-5,7-9H3,(H,19,22). The number of hydrogen-bond acceptors (Lipinski definition) is 3. The third-order valence-corrected chi connectivity index (χ3v) is 4.13. The van der Waals surface area contributed by atoms with Crippen molar-refractivity contribution in [1.29, 1.82) is 0 Å². The van der Waals surface area contributed by atoms with E-state index in [2.05, 4.69) is 39.6 Å². The van der Waals surface area contributed by atoms with Crippen molar-refractivity contribution in [3.8, 4) is 0 Å². The number of amides is 2. The number of hydrogen-bond donors (Lipinski definition) is 1. The number of nitrogens with zero attached hydrogens (tertiary/aromatic N) is 2. The van der Waals surface area contributed by atoms with Gasteiger partial charge in [0.25, 0.3) is 0 Å². The maximum atomic E-state index is 12.7.